The van der Waals surface area contributed by atoms with Gasteiger partial charge in [-0.2, -0.15) is 5.10 Å². The Morgan fingerprint density at radius 3 is 2.69 bits per heavy atom. The van der Waals surface area contributed by atoms with Crippen molar-refractivity contribution >= 4 is 27.6 Å². The lowest BCUT2D eigenvalue weighted by atomic mass is 10.1. The number of halogens is 1. The number of fused-ring (bicyclic) bond motifs is 1. The summed E-state index contributed by atoms with van der Waals surface area (Å²) in [5, 5.41) is 7.84. The summed E-state index contributed by atoms with van der Waals surface area (Å²) < 4.78 is 31.4. The van der Waals surface area contributed by atoms with Crippen LogP contribution in [0.25, 0.3) is 16.6 Å². The second-order valence-corrected chi connectivity index (χ2v) is 7.60. The Hall–Kier alpha value is -3.40. The molecular weight excluding hydrogens is 397 g/mol. The van der Waals surface area contributed by atoms with Gasteiger partial charge in [-0.05, 0) is 31.2 Å². The summed E-state index contributed by atoms with van der Waals surface area (Å²) in [5.74, 6) is -0.711. The van der Waals surface area contributed by atoms with Crippen LogP contribution in [0.4, 0.5) is 4.39 Å². The van der Waals surface area contributed by atoms with Crippen molar-refractivity contribution in [2.24, 2.45) is 0 Å². The molecule has 148 valence electrons. The minimum absolute atomic E-state index is 0.102. The molecule has 1 aromatic carbocycles. The van der Waals surface area contributed by atoms with Gasteiger partial charge < -0.3 is 9.73 Å². The van der Waals surface area contributed by atoms with Gasteiger partial charge in [0.05, 0.1) is 35.2 Å². The first kappa shape index (κ1) is 18.9. The summed E-state index contributed by atoms with van der Waals surface area (Å²) >= 11 is 0. The lowest BCUT2D eigenvalue weighted by Crippen LogP contribution is -2.27. The van der Waals surface area contributed by atoms with Gasteiger partial charge in [0.2, 0.25) is 0 Å². The topological polar surface area (TPSA) is 103 Å². The molecule has 0 aliphatic carbocycles. The first-order chi connectivity index (χ1) is 13.9. The molecule has 29 heavy (non-hydrogen) atoms. The lowest BCUT2D eigenvalue weighted by molar-refractivity contribution is 0.0940. The van der Waals surface area contributed by atoms with E-state index in [0.29, 0.717) is 27.8 Å². The third-order valence-electron chi connectivity index (χ3n) is 4.35. The molecule has 0 radical (unpaired) electrons. The van der Waals surface area contributed by atoms with E-state index in [1.165, 1.54) is 30.8 Å². The monoisotopic (exact) mass is 413 g/mol. The number of hydrogen-bond acceptors (Lipinski definition) is 6. The zero-order chi connectivity index (χ0) is 20.5. The molecule has 0 fully saturated rings. The van der Waals surface area contributed by atoms with E-state index in [2.05, 4.69) is 20.4 Å². The van der Waals surface area contributed by atoms with Gasteiger partial charge in [-0.25, -0.2) is 18.3 Å². The maximum atomic E-state index is 13.2. The van der Waals surface area contributed by atoms with Crippen LogP contribution < -0.4 is 5.32 Å². The average molecular weight is 413 g/mol. The molecule has 4 rings (SSSR count). The zero-order valence-electron chi connectivity index (χ0n) is 15.5. The normalized spacial score (nSPS) is 13.3. The summed E-state index contributed by atoms with van der Waals surface area (Å²) in [6, 6.07) is 5.40. The minimum atomic E-state index is -1.34. The van der Waals surface area contributed by atoms with Crippen LogP contribution in [0.3, 0.4) is 0 Å². The summed E-state index contributed by atoms with van der Waals surface area (Å²) in [6.07, 6.45) is 7.44. The molecule has 2 unspecified atom stereocenters. The Balaban J connectivity index is 1.62. The quantitative estimate of drug-likeness (QED) is 0.540. The van der Waals surface area contributed by atoms with Gasteiger partial charge in [0.15, 0.2) is 0 Å². The molecule has 0 saturated carbocycles. The van der Waals surface area contributed by atoms with Crippen molar-refractivity contribution in [2.75, 3.05) is 6.26 Å². The van der Waals surface area contributed by atoms with E-state index in [4.69, 9.17) is 4.42 Å². The largest absolute Gasteiger partial charge is 0.438 e. The Labute approximate surface area is 167 Å². The van der Waals surface area contributed by atoms with Crippen LogP contribution in [-0.4, -0.2) is 36.1 Å². The van der Waals surface area contributed by atoms with Crippen LogP contribution in [0.5, 0.6) is 0 Å². The van der Waals surface area contributed by atoms with Gasteiger partial charge in [-0.1, -0.05) is 0 Å². The molecule has 4 aromatic rings. The molecule has 0 saturated heterocycles. The lowest BCUT2D eigenvalue weighted by Gasteiger charge is -2.11. The van der Waals surface area contributed by atoms with Gasteiger partial charge in [-0.15, -0.1) is 0 Å². The maximum absolute atomic E-state index is 13.2. The van der Waals surface area contributed by atoms with E-state index < -0.39 is 16.8 Å². The van der Waals surface area contributed by atoms with Crippen molar-refractivity contribution in [1.29, 1.82) is 0 Å². The minimum Gasteiger partial charge on any atom is -0.438 e. The summed E-state index contributed by atoms with van der Waals surface area (Å²) in [5.41, 5.74) is 2.06. The van der Waals surface area contributed by atoms with E-state index >= 15 is 0 Å². The molecule has 1 N–H and O–H groups in total. The molecule has 8 nitrogen and oxygen atoms in total. The molecule has 0 bridgehead atoms. The van der Waals surface area contributed by atoms with Gasteiger partial charge >= 0.3 is 0 Å². The smallest absolute Gasteiger partial charge is 0.286 e. The summed E-state index contributed by atoms with van der Waals surface area (Å²) in [7, 11) is -1.34. The predicted molar refractivity (Wildman–Crippen MR) is 104 cm³/mol. The Morgan fingerprint density at radius 2 is 2.00 bits per heavy atom. The fourth-order valence-electron chi connectivity index (χ4n) is 2.86. The number of amides is 1. The number of benzene rings is 1. The van der Waals surface area contributed by atoms with E-state index in [1.807, 2.05) is 0 Å². The number of pyridine rings is 1. The third-order valence-corrected chi connectivity index (χ3v) is 5.03. The third kappa shape index (κ3) is 3.66. The van der Waals surface area contributed by atoms with Crippen molar-refractivity contribution in [3.05, 3.63) is 66.2 Å². The second kappa shape index (κ2) is 7.55. The fraction of sp³-hybridized carbons (Fsp3) is 0.158. The van der Waals surface area contributed by atoms with E-state index in [1.54, 1.807) is 36.1 Å². The molecule has 0 aliphatic heterocycles. The molecule has 3 heterocycles. The molecule has 0 aliphatic rings. The molecule has 1 amide bonds. The fourth-order valence-corrected chi connectivity index (χ4v) is 3.28. The highest BCUT2D eigenvalue weighted by atomic mass is 32.2. The number of aromatic nitrogens is 4. The van der Waals surface area contributed by atoms with E-state index in [9.17, 15) is 13.4 Å². The Kier molecular flexibility index (Phi) is 4.93. The summed E-state index contributed by atoms with van der Waals surface area (Å²) in [6.45, 7) is 1.74. The van der Waals surface area contributed by atoms with Gasteiger partial charge in [-0.3, -0.25) is 9.78 Å². The van der Waals surface area contributed by atoms with E-state index in [-0.39, 0.29) is 16.9 Å². The van der Waals surface area contributed by atoms with Gasteiger partial charge in [0, 0.05) is 17.8 Å². The van der Waals surface area contributed by atoms with Crippen molar-refractivity contribution in [2.45, 2.75) is 18.2 Å². The van der Waals surface area contributed by atoms with E-state index in [0.717, 1.165) is 0 Å². The highest BCUT2D eigenvalue weighted by molar-refractivity contribution is 7.84. The van der Waals surface area contributed by atoms with Crippen molar-refractivity contribution in [3.63, 3.8) is 0 Å². The number of carbonyl (C=O) groups excluding carboxylic acids is 1. The van der Waals surface area contributed by atoms with Crippen LogP contribution in [0.2, 0.25) is 0 Å². The standard InChI is InChI=1S/C19H16FN5O3S/c1-11(16-10-28-19(24-16)29(2)27)23-18(26)15-7-21-9-17-14(15)8-22-25(17)13-5-3-12(20)4-6-13/h3-11H,1-2H3,(H,23,26). The van der Waals surface area contributed by atoms with Gasteiger partial charge in [0.1, 0.15) is 28.6 Å². The van der Waals surface area contributed by atoms with Crippen LogP contribution in [-0.2, 0) is 10.8 Å². The molecule has 2 atom stereocenters. The van der Waals surface area contributed by atoms with Crippen LogP contribution in [0.1, 0.15) is 29.0 Å². The van der Waals surface area contributed by atoms with Crippen LogP contribution >= 0.6 is 0 Å². The maximum Gasteiger partial charge on any atom is 0.286 e. The molecule has 0 spiro atoms. The number of nitrogens with one attached hydrogen (secondary N) is 1. The van der Waals surface area contributed by atoms with Gasteiger partial charge in [0.25, 0.3) is 11.1 Å². The highest BCUT2D eigenvalue weighted by Crippen LogP contribution is 2.22. The average Bonchev–Trinajstić information content (AvgIpc) is 3.36. The molecular formula is C19H16FN5O3S. The predicted octanol–water partition coefficient (Wildman–Crippen LogP) is 2.78. The molecule has 10 heteroatoms. The number of hydrogen-bond donors (Lipinski definition) is 1. The number of carbonyl (C=O) groups is 1. The Bertz CT molecular complexity index is 1220. The second-order valence-electron chi connectivity index (χ2n) is 6.34. The highest BCUT2D eigenvalue weighted by Gasteiger charge is 2.19. The SMILES string of the molecule is CC(NC(=O)c1cncc2c1cnn2-c1ccc(F)cc1)c1coc(S(C)=O)n1. The first-order valence-electron chi connectivity index (χ1n) is 8.61. The van der Waals surface area contributed by atoms with Crippen molar-refractivity contribution in [3.8, 4) is 5.69 Å². The van der Waals surface area contributed by atoms with Crippen LogP contribution in [0.15, 0.2) is 58.8 Å². The first-order valence-corrected chi connectivity index (χ1v) is 10.2. The Morgan fingerprint density at radius 1 is 1.24 bits per heavy atom. The van der Waals surface area contributed by atoms with Crippen molar-refractivity contribution in [1.82, 2.24) is 25.1 Å². The zero-order valence-corrected chi connectivity index (χ0v) is 16.3. The van der Waals surface area contributed by atoms with Crippen LogP contribution in [0, 0.1) is 5.82 Å². The summed E-state index contributed by atoms with van der Waals surface area (Å²) in [4.78, 5) is 21.1. The number of rotatable bonds is 5. The number of nitrogens with zero attached hydrogens (tertiary/aromatic N) is 4. The number of oxazole rings is 1. The molecule has 3 aromatic heterocycles. The van der Waals surface area contributed by atoms with Crippen molar-refractivity contribution < 1.29 is 17.8 Å².